The van der Waals surface area contributed by atoms with Gasteiger partial charge in [0.15, 0.2) is 0 Å². The summed E-state index contributed by atoms with van der Waals surface area (Å²) in [7, 11) is 1.82. The number of hydrogen-bond donors (Lipinski definition) is 1. The van der Waals surface area contributed by atoms with Crippen LogP contribution in [-0.2, 0) is 6.54 Å². The first-order valence-corrected chi connectivity index (χ1v) is 6.60. The standard InChI is InChI=1S/C14H16N2OS/c1-10-8-11(15)5-6-13(10)14(17)16(2)9-12-4-3-7-18-12/h3-8H,9,15H2,1-2H3. The molecule has 3 nitrogen and oxygen atoms in total. The molecule has 1 aromatic carbocycles. The molecule has 2 N–H and O–H groups in total. The van der Waals surface area contributed by atoms with E-state index in [4.69, 9.17) is 5.73 Å². The monoisotopic (exact) mass is 260 g/mol. The second kappa shape index (κ2) is 5.23. The zero-order valence-corrected chi connectivity index (χ0v) is 11.3. The molecule has 0 unspecified atom stereocenters. The Bertz CT molecular complexity index is 549. The van der Waals surface area contributed by atoms with E-state index < -0.39 is 0 Å². The van der Waals surface area contributed by atoms with Gasteiger partial charge in [-0.05, 0) is 42.1 Å². The highest BCUT2D eigenvalue weighted by Gasteiger charge is 2.14. The van der Waals surface area contributed by atoms with E-state index >= 15 is 0 Å². The molecular formula is C14H16N2OS. The molecule has 0 saturated heterocycles. The topological polar surface area (TPSA) is 46.3 Å². The molecule has 1 amide bonds. The van der Waals surface area contributed by atoms with Gasteiger partial charge >= 0.3 is 0 Å². The fourth-order valence-electron chi connectivity index (χ4n) is 1.84. The average Bonchev–Trinajstić information content (AvgIpc) is 2.81. The summed E-state index contributed by atoms with van der Waals surface area (Å²) < 4.78 is 0. The minimum Gasteiger partial charge on any atom is -0.399 e. The number of hydrogen-bond acceptors (Lipinski definition) is 3. The molecule has 0 bridgehead atoms. The smallest absolute Gasteiger partial charge is 0.254 e. The van der Waals surface area contributed by atoms with Crippen LogP contribution in [0.1, 0.15) is 20.8 Å². The maximum absolute atomic E-state index is 12.3. The summed E-state index contributed by atoms with van der Waals surface area (Å²) in [5, 5.41) is 2.02. The highest BCUT2D eigenvalue weighted by Crippen LogP contribution is 2.17. The zero-order chi connectivity index (χ0) is 13.1. The lowest BCUT2D eigenvalue weighted by atomic mass is 10.1. The highest BCUT2D eigenvalue weighted by molar-refractivity contribution is 7.09. The van der Waals surface area contributed by atoms with E-state index in [0.717, 1.165) is 5.56 Å². The summed E-state index contributed by atoms with van der Waals surface area (Å²) in [4.78, 5) is 15.2. The Labute approximate surface area is 111 Å². The third-order valence-corrected chi connectivity index (χ3v) is 3.66. The quantitative estimate of drug-likeness (QED) is 0.862. The Morgan fingerprint density at radius 2 is 2.17 bits per heavy atom. The fourth-order valence-corrected chi connectivity index (χ4v) is 2.60. The maximum Gasteiger partial charge on any atom is 0.254 e. The first kappa shape index (κ1) is 12.6. The van der Waals surface area contributed by atoms with Crippen molar-refractivity contribution in [2.24, 2.45) is 0 Å². The number of aryl methyl sites for hydroxylation is 1. The van der Waals surface area contributed by atoms with Gasteiger partial charge in [0.25, 0.3) is 5.91 Å². The molecule has 0 aliphatic carbocycles. The van der Waals surface area contributed by atoms with Crippen LogP contribution in [-0.4, -0.2) is 17.9 Å². The predicted octanol–water partition coefficient (Wildman–Crippen LogP) is 2.91. The molecule has 1 aromatic heterocycles. The van der Waals surface area contributed by atoms with Crippen LogP contribution < -0.4 is 5.73 Å². The van der Waals surface area contributed by atoms with Gasteiger partial charge in [0.1, 0.15) is 0 Å². The van der Waals surface area contributed by atoms with Gasteiger partial charge in [-0.15, -0.1) is 11.3 Å². The molecule has 0 aliphatic rings. The van der Waals surface area contributed by atoms with Crippen LogP contribution in [0.25, 0.3) is 0 Å². The third-order valence-electron chi connectivity index (χ3n) is 2.80. The molecule has 18 heavy (non-hydrogen) atoms. The number of nitrogens with zero attached hydrogens (tertiary/aromatic N) is 1. The second-order valence-electron chi connectivity index (χ2n) is 4.31. The van der Waals surface area contributed by atoms with Gasteiger partial charge in [0.05, 0.1) is 6.54 Å². The lowest BCUT2D eigenvalue weighted by Gasteiger charge is -2.17. The van der Waals surface area contributed by atoms with Crippen LogP contribution in [0.5, 0.6) is 0 Å². The number of carbonyl (C=O) groups is 1. The molecule has 94 valence electrons. The molecule has 2 aromatic rings. The summed E-state index contributed by atoms with van der Waals surface area (Å²) in [5.41, 5.74) is 8.00. The highest BCUT2D eigenvalue weighted by atomic mass is 32.1. The van der Waals surface area contributed by atoms with Crippen molar-refractivity contribution in [3.63, 3.8) is 0 Å². The Morgan fingerprint density at radius 1 is 1.39 bits per heavy atom. The van der Waals surface area contributed by atoms with Crippen molar-refractivity contribution in [1.29, 1.82) is 0 Å². The van der Waals surface area contributed by atoms with Crippen LogP contribution in [0, 0.1) is 6.92 Å². The van der Waals surface area contributed by atoms with Crippen molar-refractivity contribution in [1.82, 2.24) is 4.90 Å². The van der Waals surface area contributed by atoms with Crippen molar-refractivity contribution in [3.8, 4) is 0 Å². The normalized spacial score (nSPS) is 10.3. The minimum atomic E-state index is 0.0286. The first-order valence-electron chi connectivity index (χ1n) is 5.72. The van der Waals surface area contributed by atoms with Gasteiger partial charge < -0.3 is 10.6 Å². The molecule has 0 spiro atoms. The van der Waals surface area contributed by atoms with Crippen LogP contribution >= 0.6 is 11.3 Å². The minimum absolute atomic E-state index is 0.0286. The number of benzene rings is 1. The van der Waals surface area contributed by atoms with E-state index in [2.05, 4.69) is 0 Å². The summed E-state index contributed by atoms with van der Waals surface area (Å²) in [6.07, 6.45) is 0. The molecule has 1 heterocycles. The van der Waals surface area contributed by atoms with E-state index in [9.17, 15) is 4.79 Å². The second-order valence-corrected chi connectivity index (χ2v) is 5.35. The zero-order valence-electron chi connectivity index (χ0n) is 10.5. The molecule has 0 radical (unpaired) electrons. The van der Waals surface area contributed by atoms with Crippen molar-refractivity contribution in [3.05, 3.63) is 51.7 Å². The lowest BCUT2D eigenvalue weighted by molar-refractivity contribution is 0.0786. The van der Waals surface area contributed by atoms with Crippen LogP contribution in [0.15, 0.2) is 35.7 Å². The van der Waals surface area contributed by atoms with Crippen molar-refractivity contribution in [2.75, 3.05) is 12.8 Å². The average molecular weight is 260 g/mol. The number of amides is 1. The van der Waals surface area contributed by atoms with Crippen LogP contribution in [0.2, 0.25) is 0 Å². The van der Waals surface area contributed by atoms with E-state index in [0.29, 0.717) is 17.8 Å². The third kappa shape index (κ3) is 2.71. The molecule has 2 rings (SSSR count). The first-order chi connectivity index (χ1) is 8.58. The summed E-state index contributed by atoms with van der Waals surface area (Å²) in [6, 6.07) is 9.40. The number of anilines is 1. The SMILES string of the molecule is Cc1cc(N)ccc1C(=O)N(C)Cc1cccs1. The number of rotatable bonds is 3. The molecular weight excluding hydrogens is 244 g/mol. The van der Waals surface area contributed by atoms with Crippen molar-refractivity contribution in [2.45, 2.75) is 13.5 Å². The van der Waals surface area contributed by atoms with Crippen molar-refractivity contribution >= 4 is 22.9 Å². The fraction of sp³-hybridized carbons (Fsp3) is 0.214. The number of thiophene rings is 1. The van der Waals surface area contributed by atoms with Crippen LogP contribution in [0.4, 0.5) is 5.69 Å². The van der Waals surface area contributed by atoms with Crippen LogP contribution in [0.3, 0.4) is 0 Å². The summed E-state index contributed by atoms with van der Waals surface area (Å²) >= 11 is 1.66. The molecule has 0 saturated carbocycles. The largest absolute Gasteiger partial charge is 0.399 e. The Morgan fingerprint density at radius 3 is 2.78 bits per heavy atom. The van der Waals surface area contributed by atoms with Gasteiger partial charge in [0.2, 0.25) is 0 Å². The van der Waals surface area contributed by atoms with E-state index in [-0.39, 0.29) is 5.91 Å². The van der Waals surface area contributed by atoms with Gasteiger partial charge in [-0.25, -0.2) is 0 Å². The molecule has 0 fully saturated rings. The Balaban J connectivity index is 2.15. The van der Waals surface area contributed by atoms with Gasteiger partial charge in [-0.2, -0.15) is 0 Å². The van der Waals surface area contributed by atoms with Gasteiger partial charge in [0, 0.05) is 23.2 Å². The lowest BCUT2D eigenvalue weighted by Crippen LogP contribution is -2.26. The molecule has 0 atom stereocenters. The van der Waals surface area contributed by atoms with Crippen molar-refractivity contribution < 1.29 is 4.79 Å². The predicted molar refractivity (Wildman–Crippen MR) is 75.7 cm³/mol. The maximum atomic E-state index is 12.3. The summed E-state index contributed by atoms with van der Waals surface area (Å²) in [6.45, 7) is 2.54. The van der Waals surface area contributed by atoms with E-state index in [1.54, 1.807) is 28.4 Å². The van der Waals surface area contributed by atoms with Gasteiger partial charge in [-0.1, -0.05) is 6.07 Å². The van der Waals surface area contributed by atoms with Gasteiger partial charge in [-0.3, -0.25) is 4.79 Å². The van der Waals surface area contributed by atoms with E-state index in [1.165, 1.54) is 4.88 Å². The number of nitrogens with two attached hydrogens (primary N) is 1. The molecule has 0 aliphatic heterocycles. The number of nitrogen functional groups attached to an aromatic ring is 1. The summed E-state index contributed by atoms with van der Waals surface area (Å²) in [5.74, 6) is 0.0286. The number of carbonyl (C=O) groups excluding carboxylic acids is 1. The Kier molecular flexibility index (Phi) is 3.67. The van der Waals surface area contributed by atoms with E-state index in [1.807, 2.05) is 37.6 Å². The molecule has 4 heteroatoms. The Hall–Kier alpha value is -1.81.